The quantitative estimate of drug-likeness (QED) is 0.820. The number of aromatic nitrogens is 3. The van der Waals surface area contributed by atoms with Crippen LogP contribution in [0.4, 0.5) is 5.69 Å². The van der Waals surface area contributed by atoms with Crippen LogP contribution in [-0.2, 0) is 11.3 Å². The highest BCUT2D eigenvalue weighted by Crippen LogP contribution is 2.17. The van der Waals surface area contributed by atoms with Crippen LogP contribution >= 0.6 is 0 Å². The van der Waals surface area contributed by atoms with E-state index in [1.807, 2.05) is 19.1 Å². The highest BCUT2D eigenvalue weighted by Gasteiger charge is 2.07. The van der Waals surface area contributed by atoms with Gasteiger partial charge < -0.3 is 11.1 Å². The number of carbonyl (C=O) groups is 1. The molecular formula is C12H15N5O. The van der Waals surface area contributed by atoms with Gasteiger partial charge in [0, 0.05) is 24.6 Å². The first-order valence-electron chi connectivity index (χ1n) is 5.62. The maximum absolute atomic E-state index is 10.8. The van der Waals surface area contributed by atoms with Crippen LogP contribution in [0, 0.1) is 0 Å². The summed E-state index contributed by atoms with van der Waals surface area (Å²) in [7, 11) is 0. The Bertz CT molecular complexity index is 522. The van der Waals surface area contributed by atoms with E-state index in [2.05, 4.69) is 15.4 Å². The van der Waals surface area contributed by atoms with Crippen molar-refractivity contribution in [1.29, 1.82) is 0 Å². The van der Waals surface area contributed by atoms with Gasteiger partial charge in [0.1, 0.15) is 6.54 Å². The molecule has 94 valence electrons. The minimum atomic E-state index is -0.410. The second kappa shape index (κ2) is 5.31. The summed E-state index contributed by atoms with van der Waals surface area (Å²) in [5.41, 5.74) is 7.08. The van der Waals surface area contributed by atoms with Gasteiger partial charge in [-0.15, -0.1) is 0 Å². The minimum Gasteiger partial charge on any atom is -0.376 e. The van der Waals surface area contributed by atoms with E-state index >= 15 is 0 Å². The number of carbonyl (C=O) groups excluding carboxylic acids is 1. The maximum Gasteiger partial charge on any atom is 0.239 e. The number of nitrogens with one attached hydrogen (secondary N) is 1. The fraction of sp³-hybridized carbons (Fsp3) is 0.250. The van der Waals surface area contributed by atoms with Gasteiger partial charge in [0.25, 0.3) is 0 Å². The molecule has 0 bridgehead atoms. The average Bonchev–Trinajstić information content (AvgIpc) is 2.76. The summed E-state index contributed by atoms with van der Waals surface area (Å²) in [6.45, 7) is 2.13. The second-order valence-corrected chi connectivity index (χ2v) is 4.04. The molecule has 1 unspecified atom stereocenters. The molecule has 2 aromatic rings. The van der Waals surface area contributed by atoms with Crippen molar-refractivity contribution in [3.63, 3.8) is 0 Å². The molecule has 0 aliphatic rings. The molecule has 1 amide bonds. The zero-order valence-corrected chi connectivity index (χ0v) is 10.1. The fourth-order valence-corrected chi connectivity index (χ4v) is 1.67. The van der Waals surface area contributed by atoms with Crippen molar-refractivity contribution in [2.75, 3.05) is 5.32 Å². The molecule has 0 saturated heterocycles. The molecule has 0 aromatic carbocycles. The molecule has 1 atom stereocenters. The lowest BCUT2D eigenvalue weighted by molar-refractivity contribution is -0.118. The minimum absolute atomic E-state index is 0.0886. The molecular weight excluding hydrogens is 230 g/mol. The average molecular weight is 245 g/mol. The van der Waals surface area contributed by atoms with Gasteiger partial charge >= 0.3 is 0 Å². The zero-order valence-electron chi connectivity index (χ0n) is 10.1. The lowest BCUT2D eigenvalue weighted by Crippen LogP contribution is -2.18. The molecule has 2 rings (SSSR count). The lowest BCUT2D eigenvalue weighted by atomic mass is 10.1. The summed E-state index contributed by atoms with van der Waals surface area (Å²) in [5, 5.41) is 7.33. The summed E-state index contributed by atoms with van der Waals surface area (Å²) in [6, 6.07) is 4.04. The highest BCUT2D eigenvalue weighted by molar-refractivity contribution is 5.73. The van der Waals surface area contributed by atoms with E-state index in [1.165, 1.54) is 4.68 Å². The topological polar surface area (TPSA) is 85.8 Å². The predicted molar refractivity (Wildman–Crippen MR) is 67.7 cm³/mol. The number of hydrogen-bond acceptors (Lipinski definition) is 4. The number of hydrogen-bond donors (Lipinski definition) is 2. The third-order valence-electron chi connectivity index (χ3n) is 2.54. The summed E-state index contributed by atoms with van der Waals surface area (Å²) >= 11 is 0. The Morgan fingerprint density at radius 1 is 1.50 bits per heavy atom. The molecule has 0 fully saturated rings. The van der Waals surface area contributed by atoms with Crippen LogP contribution < -0.4 is 11.1 Å². The van der Waals surface area contributed by atoms with Crippen molar-refractivity contribution in [1.82, 2.24) is 14.8 Å². The third kappa shape index (κ3) is 3.07. The largest absolute Gasteiger partial charge is 0.376 e. The van der Waals surface area contributed by atoms with E-state index in [1.54, 1.807) is 24.8 Å². The smallest absolute Gasteiger partial charge is 0.239 e. The molecule has 6 heteroatoms. The number of anilines is 1. The van der Waals surface area contributed by atoms with Gasteiger partial charge in [-0.25, -0.2) is 0 Å². The molecule has 2 aromatic heterocycles. The van der Waals surface area contributed by atoms with E-state index in [0.717, 1.165) is 11.3 Å². The van der Waals surface area contributed by atoms with Gasteiger partial charge in [0.2, 0.25) is 5.91 Å². The first-order chi connectivity index (χ1) is 8.65. The molecule has 0 spiro atoms. The summed E-state index contributed by atoms with van der Waals surface area (Å²) < 4.78 is 1.50. The van der Waals surface area contributed by atoms with Crippen molar-refractivity contribution in [3.05, 3.63) is 42.5 Å². The predicted octanol–water partition coefficient (Wildman–Crippen LogP) is 0.936. The third-order valence-corrected chi connectivity index (χ3v) is 2.54. The maximum atomic E-state index is 10.8. The summed E-state index contributed by atoms with van der Waals surface area (Å²) in [6.07, 6.45) is 6.93. The van der Waals surface area contributed by atoms with Crippen molar-refractivity contribution in [2.45, 2.75) is 19.5 Å². The van der Waals surface area contributed by atoms with Crippen molar-refractivity contribution < 1.29 is 4.79 Å². The number of primary amides is 1. The van der Waals surface area contributed by atoms with Gasteiger partial charge in [-0.05, 0) is 24.6 Å². The number of nitrogens with two attached hydrogens (primary N) is 1. The lowest BCUT2D eigenvalue weighted by Gasteiger charge is -2.13. The summed E-state index contributed by atoms with van der Waals surface area (Å²) in [4.78, 5) is 14.7. The zero-order chi connectivity index (χ0) is 13.0. The first kappa shape index (κ1) is 12.1. The monoisotopic (exact) mass is 245 g/mol. The molecule has 0 radical (unpaired) electrons. The standard InChI is InChI=1S/C12H15N5O/c1-9(10-2-4-14-5-3-10)16-11-6-15-17(7-11)8-12(13)18/h2-7,9,16H,8H2,1H3,(H2,13,18). The van der Waals surface area contributed by atoms with Crippen molar-refractivity contribution in [2.24, 2.45) is 5.73 Å². The van der Waals surface area contributed by atoms with Crippen LogP contribution in [0.1, 0.15) is 18.5 Å². The van der Waals surface area contributed by atoms with E-state index in [4.69, 9.17) is 5.73 Å². The molecule has 6 nitrogen and oxygen atoms in total. The first-order valence-corrected chi connectivity index (χ1v) is 5.62. The molecule has 0 saturated carbocycles. The van der Waals surface area contributed by atoms with Crippen molar-refractivity contribution >= 4 is 11.6 Å². The van der Waals surface area contributed by atoms with Gasteiger partial charge in [-0.2, -0.15) is 5.10 Å². The van der Waals surface area contributed by atoms with Gasteiger partial charge in [-0.3, -0.25) is 14.5 Å². The normalized spacial score (nSPS) is 12.1. The Morgan fingerprint density at radius 3 is 2.89 bits per heavy atom. The Labute approximate surface area is 105 Å². The Kier molecular flexibility index (Phi) is 3.57. The van der Waals surface area contributed by atoms with Crippen molar-refractivity contribution in [3.8, 4) is 0 Å². The van der Waals surface area contributed by atoms with E-state index < -0.39 is 5.91 Å². The number of nitrogens with zero attached hydrogens (tertiary/aromatic N) is 3. The van der Waals surface area contributed by atoms with Gasteiger partial charge in [-0.1, -0.05) is 0 Å². The molecule has 0 aliphatic heterocycles. The molecule has 2 heterocycles. The fourth-order valence-electron chi connectivity index (χ4n) is 1.67. The number of pyridine rings is 1. The van der Waals surface area contributed by atoms with E-state index in [0.29, 0.717) is 0 Å². The van der Waals surface area contributed by atoms with Crippen LogP contribution in [0.15, 0.2) is 36.9 Å². The number of amides is 1. The Balaban J connectivity index is 2.01. The Morgan fingerprint density at radius 2 is 2.22 bits per heavy atom. The number of rotatable bonds is 5. The summed E-state index contributed by atoms with van der Waals surface area (Å²) in [5.74, 6) is -0.410. The highest BCUT2D eigenvalue weighted by atomic mass is 16.1. The Hall–Kier alpha value is -2.37. The van der Waals surface area contributed by atoms with Crippen LogP contribution in [0.2, 0.25) is 0 Å². The van der Waals surface area contributed by atoms with Gasteiger partial charge in [0.15, 0.2) is 0 Å². The molecule has 18 heavy (non-hydrogen) atoms. The van der Waals surface area contributed by atoms with E-state index in [-0.39, 0.29) is 12.6 Å². The SMILES string of the molecule is CC(Nc1cnn(CC(N)=O)c1)c1ccncc1. The van der Waals surface area contributed by atoms with Crippen LogP contribution in [0.5, 0.6) is 0 Å². The van der Waals surface area contributed by atoms with Crippen LogP contribution in [-0.4, -0.2) is 20.7 Å². The van der Waals surface area contributed by atoms with Crippen LogP contribution in [0.3, 0.4) is 0 Å². The second-order valence-electron chi connectivity index (χ2n) is 4.04. The van der Waals surface area contributed by atoms with Gasteiger partial charge in [0.05, 0.1) is 11.9 Å². The molecule has 0 aliphatic carbocycles. The van der Waals surface area contributed by atoms with Crippen LogP contribution in [0.25, 0.3) is 0 Å². The molecule has 3 N–H and O–H groups in total. The van der Waals surface area contributed by atoms with E-state index in [9.17, 15) is 4.79 Å².